The van der Waals surface area contributed by atoms with Crippen molar-refractivity contribution in [2.24, 2.45) is 0 Å². The molecule has 2 N–H and O–H groups in total. The molecule has 0 spiro atoms. The summed E-state index contributed by atoms with van der Waals surface area (Å²) >= 11 is 2.14. The number of hydrogen-bond acceptors (Lipinski definition) is 8. The fourth-order valence-electron chi connectivity index (χ4n) is 2.25. The van der Waals surface area contributed by atoms with Gasteiger partial charge < -0.3 is 20.1 Å². The van der Waals surface area contributed by atoms with E-state index in [-0.39, 0.29) is 44.1 Å². The van der Waals surface area contributed by atoms with Gasteiger partial charge in [-0.1, -0.05) is 39.8 Å². The number of nitrogens with one attached hydrogen (secondary N) is 2. The topological polar surface area (TPSA) is 140 Å². The van der Waals surface area contributed by atoms with Crippen LogP contribution in [-0.2, 0) is 30.6 Å². The average Bonchev–Trinajstić information content (AvgIpc) is 3.03. The average molecular weight is 533 g/mol. The predicted molar refractivity (Wildman–Crippen MR) is 109 cm³/mol. The molecule has 162 valence electrons. The zero-order valence-corrected chi connectivity index (χ0v) is 18.0. The van der Waals surface area contributed by atoms with E-state index in [2.05, 4.69) is 38.1 Å². The molecule has 0 aromatic heterocycles. The van der Waals surface area contributed by atoms with E-state index in [1.165, 1.54) is 12.1 Å². The number of benzene rings is 1. The maximum absolute atomic E-state index is 11.7. The number of hydroxylamine groups is 2. The molecule has 12 heteroatoms. The van der Waals surface area contributed by atoms with Crippen LogP contribution in [0.3, 0.4) is 0 Å². The molecule has 1 aliphatic heterocycles. The minimum Gasteiger partial charge on any atom is -0.428 e. The van der Waals surface area contributed by atoms with Crippen molar-refractivity contribution in [3.05, 3.63) is 29.8 Å². The van der Waals surface area contributed by atoms with Crippen LogP contribution >= 0.6 is 22.6 Å². The van der Waals surface area contributed by atoms with Crippen LogP contribution in [0.5, 0.6) is 5.75 Å². The summed E-state index contributed by atoms with van der Waals surface area (Å²) < 4.78 is 10.7. The van der Waals surface area contributed by atoms with Crippen molar-refractivity contribution in [3.63, 3.8) is 0 Å². The first-order valence-electron chi connectivity index (χ1n) is 8.97. The Morgan fingerprint density at radius 3 is 2.30 bits per heavy atom. The van der Waals surface area contributed by atoms with Crippen LogP contribution in [0.2, 0.25) is 0 Å². The van der Waals surface area contributed by atoms with Gasteiger partial charge in [0.2, 0.25) is 5.91 Å². The third-order valence-corrected chi connectivity index (χ3v) is 4.24. The SMILES string of the molecule is O=C(CCNC(=O)Oc1ccc(COC(=O)ON2C(=O)CCC2=O)cc1)NCCI. The van der Waals surface area contributed by atoms with Gasteiger partial charge in [-0.05, 0) is 17.7 Å². The Hall–Kier alpha value is -2.90. The zero-order valence-electron chi connectivity index (χ0n) is 15.9. The highest BCUT2D eigenvalue weighted by Crippen LogP contribution is 2.15. The highest BCUT2D eigenvalue weighted by Gasteiger charge is 2.33. The summed E-state index contributed by atoms with van der Waals surface area (Å²) in [6.07, 6.45) is -1.75. The van der Waals surface area contributed by atoms with Gasteiger partial charge >= 0.3 is 12.2 Å². The van der Waals surface area contributed by atoms with Crippen molar-refractivity contribution in [3.8, 4) is 5.75 Å². The van der Waals surface area contributed by atoms with Gasteiger partial charge in [0.15, 0.2) is 0 Å². The minimum absolute atomic E-state index is 0.00701. The molecule has 1 aliphatic rings. The summed E-state index contributed by atoms with van der Waals surface area (Å²) in [6.45, 7) is 0.544. The molecular formula is C18H20IN3O8. The lowest BCUT2D eigenvalue weighted by atomic mass is 10.2. The Labute approximate surface area is 185 Å². The van der Waals surface area contributed by atoms with Crippen LogP contribution in [0.25, 0.3) is 0 Å². The minimum atomic E-state index is -1.18. The summed E-state index contributed by atoms with van der Waals surface area (Å²) in [5.41, 5.74) is 0.561. The molecule has 30 heavy (non-hydrogen) atoms. The number of ether oxygens (including phenoxy) is 2. The van der Waals surface area contributed by atoms with E-state index >= 15 is 0 Å². The lowest BCUT2D eigenvalue weighted by molar-refractivity contribution is -0.177. The van der Waals surface area contributed by atoms with Crippen LogP contribution in [0, 0.1) is 0 Å². The van der Waals surface area contributed by atoms with E-state index in [1.807, 2.05) is 0 Å². The smallest absolute Gasteiger partial charge is 0.428 e. The van der Waals surface area contributed by atoms with Crippen molar-refractivity contribution < 1.29 is 38.3 Å². The molecule has 2 rings (SSSR count). The molecule has 0 aliphatic carbocycles. The largest absolute Gasteiger partial charge is 0.534 e. The number of imide groups is 1. The Balaban J connectivity index is 1.68. The summed E-state index contributed by atoms with van der Waals surface area (Å²) in [6, 6.07) is 6.09. The molecule has 4 amide bonds. The third-order valence-electron chi connectivity index (χ3n) is 3.70. The fraction of sp³-hybridized carbons (Fsp3) is 0.389. The molecule has 0 saturated carbocycles. The van der Waals surface area contributed by atoms with Crippen molar-refractivity contribution in [1.29, 1.82) is 0 Å². The van der Waals surface area contributed by atoms with Crippen molar-refractivity contribution in [2.75, 3.05) is 17.5 Å². The van der Waals surface area contributed by atoms with Crippen LogP contribution in [-0.4, -0.2) is 52.6 Å². The number of carbonyl (C=O) groups excluding carboxylic acids is 5. The summed E-state index contributed by atoms with van der Waals surface area (Å²) in [5, 5.41) is 5.55. The Morgan fingerprint density at radius 2 is 1.67 bits per heavy atom. The predicted octanol–water partition coefficient (Wildman–Crippen LogP) is 1.43. The molecule has 0 unspecified atom stereocenters. The van der Waals surface area contributed by atoms with Gasteiger partial charge in [0, 0.05) is 36.8 Å². The maximum atomic E-state index is 11.7. The van der Waals surface area contributed by atoms with Crippen LogP contribution < -0.4 is 15.4 Å². The van der Waals surface area contributed by atoms with Gasteiger partial charge in [-0.15, -0.1) is 0 Å². The van der Waals surface area contributed by atoms with E-state index < -0.39 is 24.1 Å². The van der Waals surface area contributed by atoms with E-state index in [0.29, 0.717) is 17.2 Å². The number of alkyl halides is 1. The molecule has 1 aromatic rings. The highest BCUT2D eigenvalue weighted by atomic mass is 127. The van der Waals surface area contributed by atoms with Crippen molar-refractivity contribution >= 4 is 52.6 Å². The molecule has 1 fully saturated rings. The molecule has 0 radical (unpaired) electrons. The van der Waals surface area contributed by atoms with E-state index in [9.17, 15) is 24.0 Å². The standard InChI is InChI=1S/C18H20IN3O8/c19-8-10-20-14(23)7-9-21-17(26)29-13-3-1-12(2-4-13)11-28-18(27)30-22-15(24)5-6-16(22)25/h1-4H,5-11H2,(H,20,23)(H,21,26). The Bertz CT molecular complexity index is 783. The lowest BCUT2D eigenvalue weighted by Crippen LogP contribution is -2.32. The Kier molecular flexibility index (Phi) is 9.31. The van der Waals surface area contributed by atoms with Gasteiger partial charge in [-0.2, -0.15) is 0 Å². The molecule has 1 heterocycles. The number of rotatable bonds is 9. The fourth-order valence-corrected chi connectivity index (χ4v) is 2.52. The van der Waals surface area contributed by atoms with E-state index in [4.69, 9.17) is 9.47 Å². The number of halogens is 1. The van der Waals surface area contributed by atoms with Gasteiger partial charge in [0.25, 0.3) is 11.8 Å². The molecule has 0 atom stereocenters. The number of hydrogen-bond donors (Lipinski definition) is 2. The highest BCUT2D eigenvalue weighted by molar-refractivity contribution is 14.1. The second-order valence-electron chi connectivity index (χ2n) is 5.96. The van der Waals surface area contributed by atoms with E-state index in [1.54, 1.807) is 12.1 Å². The molecular weight excluding hydrogens is 513 g/mol. The molecule has 1 aromatic carbocycles. The second kappa shape index (κ2) is 11.9. The van der Waals surface area contributed by atoms with Crippen LogP contribution in [0.15, 0.2) is 24.3 Å². The molecule has 0 bridgehead atoms. The first-order valence-corrected chi connectivity index (χ1v) is 10.5. The van der Waals surface area contributed by atoms with E-state index in [0.717, 1.165) is 4.43 Å². The van der Waals surface area contributed by atoms with Gasteiger partial charge in [-0.25, -0.2) is 9.59 Å². The lowest BCUT2D eigenvalue weighted by Gasteiger charge is -2.12. The Morgan fingerprint density at radius 1 is 1.00 bits per heavy atom. The summed E-state index contributed by atoms with van der Waals surface area (Å²) in [7, 11) is 0. The number of amides is 4. The second-order valence-corrected chi connectivity index (χ2v) is 7.04. The van der Waals surface area contributed by atoms with Crippen LogP contribution in [0.1, 0.15) is 24.8 Å². The first kappa shape index (κ1) is 23.4. The van der Waals surface area contributed by atoms with Gasteiger partial charge in [-0.3, -0.25) is 19.2 Å². The van der Waals surface area contributed by atoms with Crippen molar-refractivity contribution in [1.82, 2.24) is 15.7 Å². The van der Waals surface area contributed by atoms with Crippen LogP contribution in [0.4, 0.5) is 9.59 Å². The molecule has 11 nitrogen and oxygen atoms in total. The normalized spacial score (nSPS) is 13.0. The first-order chi connectivity index (χ1) is 14.4. The third kappa shape index (κ3) is 7.85. The monoisotopic (exact) mass is 533 g/mol. The van der Waals surface area contributed by atoms with Gasteiger partial charge in [0.05, 0.1) is 0 Å². The number of carbonyl (C=O) groups is 5. The molecule has 1 saturated heterocycles. The number of nitrogens with zero attached hydrogens (tertiary/aromatic N) is 1. The summed E-state index contributed by atoms with van der Waals surface area (Å²) in [4.78, 5) is 62.0. The zero-order chi connectivity index (χ0) is 21.9. The van der Waals surface area contributed by atoms with Crippen molar-refractivity contribution in [2.45, 2.75) is 25.9 Å². The quantitative estimate of drug-likeness (QED) is 0.210. The maximum Gasteiger partial charge on any atom is 0.534 e. The van der Waals surface area contributed by atoms with Gasteiger partial charge in [0.1, 0.15) is 12.4 Å². The summed E-state index contributed by atoms with van der Waals surface area (Å²) in [5.74, 6) is -1.11.